The third-order valence-corrected chi connectivity index (χ3v) is 7.34. The number of anilines is 3. The van der Waals surface area contributed by atoms with Gasteiger partial charge in [0, 0.05) is 24.6 Å². The van der Waals surface area contributed by atoms with E-state index in [4.69, 9.17) is 9.47 Å². The molecular weight excluding hydrogens is 392 g/mol. The molecule has 1 aliphatic carbocycles. The fraction of sp³-hybridized carbons (Fsp3) is 0.609. The maximum absolute atomic E-state index is 10.3. The SMILES string of the molecule is CC[C@H]1Cc2c([nH+]c3c4c([nH+]c(N5CCOCC5)c(C#N)c24)NC2(CCCCC2)N3)O1. The minimum absolute atomic E-state index is 0.146. The van der Waals surface area contributed by atoms with Crippen molar-refractivity contribution in [2.24, 2.45) is 0 Å². The van der Waals surface area contributed by atoms with Gasteiger partial charge in [-0.25, -0.2) is 15.3 Å². The first-order chi connectivity index (χ1) is 15.2. The molecule has 2 aromatic rings. The molecule has 31 heavy (non-hydrogen) atoms. The summed E-state index contributed by atoms with van der Waals surface area (Å²) in [6, 6.07) is 2.53. The van der Waals surface area contributed by atoms with Crippen molar-refractivity contribution in [2.45, 2.75) is 63.6 Å². The van der Waals surface area contributed by atoms with Crippen LogP contribution in [0.2, 0.25) is 0 Å². The second-order valence-corrected chi connectivity index (χ2v) is 9.24. The molecule has 3 aliphatic heterocycles. The molecule has 0 aromatic carbocycles. The number of rotatable bonds is 2. The molecule has 4 aliphatic rings. The van der Waals surface area contributed by atoms with Gasteiger partial charge >= 0.3 is 0 Å². The third kappa shape index (κ3) is 2.90. The van der Waals surface area contributed by atoms with Crippen molar-refractivity contribution in [3.8, 4) is 11.9 Å². The fourth-order valence-electron chi connectivity index (χ4n) is 5.72. The van der Waals surface area contributed by atoms with Crippen LogP contribution < -0.4 is 30.2 Å². The number of nitrogens with one attached hydrogen (secondary N) is 4. The number of nitriles is 1. The number of hydrogen-bond donors (Lipinski definition) is 2. The third-order valence-electron chi connectivity index (χ3n) is 7.34. The number of aromatic nitrogens is 2. The Balaban J connectivity index is 1.60. The predicted octanol–water partition coefficient (Wildman–Crippen LogP) is 2.39. The Morgan fingerprint density at radius 1 is 1.10 bits per heavy atom. The van der Waals surface area contributed by atoms with Crippen LogP contribution in [0.15, 0.2) is 0 Å². The minimum atomic E-state index is -0.168. The lowest BCUT2D eigenvalue weighted by Crippen LogP contribution is -2.53. The molecule has 1 saturated carbocycles. The Hall–Kier alpha value is -2.79. The maximum Gasteiger partial charge on any atom is 0.293 e. The van der Waals surface area contributed by atoms with Crippen molar-refractivity contribution in [3.63, 3.8) is 0 Å². The van der Waals surface area contributed by atoms with E-state index in [1.165, 1.54) is 19.3 Å². The van der Waals surface area contributed by atoms with Gasteiger partial charge in [-0.1, -0.05) is 13.3 Å². The summed E-state index contributed by atoms with van der Waals surface area (Å²) in [5.74, 6) is 3.68. The van der Waals surface area contributed by atoms with Crippen LogP contribution in [0.4, 0.5) is 17.5 Å². The molecule has 0 unspecified atom stereocenters. The summed E-state index contributed by atoms with van der Waals surface area (Å²) < 4.78 is 11.8. The first-order valence-electron chi connectivity index (χ1n) is 11.7. The van der Waals surface area contributed by atoms with Gasteiger partial charge in [0.25, 0.3) is 11.7 Å². The quantitative estimate of drug-likeness (QED) is 0.771. The second-order valence-electron chi connectivity index (χ2n) is 9.24. The molecular formula is C23H30N6O2+2. The molecule has 6 rings (SSSR count). The Labute approximate surface area is 181 Å². The van der Waals surface area contributed by atoms with Crippen LogP contribution in [-0.2, 0) is 11.2 Å². The molecule has 2 aromatic heterocycles. The molecule has 0 radical (unpaired) electrons. The molecule has 1 atom stereocenters. The summed E-state index contributed by atoms with van der Waals surface area (Å²) >= 11 is 0. The van der Waals surface area contributed by atoms with Crippen LogP contribution in [0.1, 0.15) is 56.6 Å². The number of morpholine rings is 1. The van der Waals surface area contributed by atoms with Gasteiger partial charge in [0.2, 0.25) is 17.3 Å². The topological polar surface area (TPSA) is 97.8 Å². The summed E-state index contributed by atoms with van der Waals surface area (Å²) in [4.78, 5) is 9.46. The number of pyridine rings is 2. The summed E-state index contributed by atoms with van der Waals surface area (Å²) in [5, 5.41) is 20.0. The highest BCUT2D eigenvalue weighted by atomic mass is 16.5. The first-order valence-corrected chi connectivity index (χ1v) is 11.7. The Morgan fingerprint density at radius 3 is 2.55 bits per heavy atom. The molecule has 8 heteroatoms. The molecule has 162 valence electrons. The molecule has 8 nitrogen and oxygen atoms in total. The number of aromatic amines is 2. The van der Waals surface area contributed by atoms with E-state index >= 15 is 0 Å². The number of hydrogen-bond acceptors (Lipinski definition) is 6. The average Bonchev–Trinajstić information content (AvgIpc) is 3.22. The molecule has 0 amide bonds. The van der Waals surface area contributed by atoms with Crippen molar-refractivity contribution < 1.29 is 19.4 Å². The maximum atomic E-state index is 10.3. The van der Waals surface area contributed by atoms with E-state index < -0.39 is 0 Å². The minimum Gasteiger partial charge on any atom is -0.458 e. The van der Waals surface area contributed by atoms with E-state index in [1.54, 1.807) is 0 Å². The van der Waals surface area contributed by atoms with Crippen LogP contribution in [0.3, 0.4) is 0 Å². The Kier molecular flexibility index (Phi) is 4.35. The summed E-state index contributed by atoms with van der Waals surface area (Å²) in [5.41, 5.74) is 1.66. The number of nitrogens with zero attached hydrogens (tertiary/aromatic N) is 2. The van der Waals surface area contributed by atoms with Crippen molar-refractivity contribution in [1.29, 1.82) is 5.26 Å². The second kappa shape index (κ2) is 7.13. The van der Waals surface area contributed by atoms with Crippen molar-refractivity contribution in [2.75, 3.05) is 41.8 Å². The predicted molar refractivity (Wildman–Crippen MR) is 116 cm³/mol. The van der Waals surface area contributed by atoms with Gasteiger partial charge in [0.05, 0.1) is 31.9 Å². The molecule has 2 fully saturated rings. The van der Waals surface area contributed by atoms with Crippen LogP contribution in [0.25, 0.3) is 10.8 Å². The molecule has 1 saturated heterocycles. The standard InChI is InChI=1S/C23H28N6O2/c1-2-14-12-15-17-16(13-24)21(29-8-10-30-11-9-29)25-19-18(17)20(26-22(15)31-14)28-23(27-19)6-4-3-5-7-23/h14H,2-12H2,1H3,(H,25,27)(H,26,28)/p+2/t14-/m0/s1. The molecule has 4 N–H and O–H groups in total. The van der Waals surface area contributed by atoms with E-state index in [1.807, 2.05) is 0 Å². The number of fused-ring (bicyclic) bond motifs is 2. The van der Waals surface area contributed by atoms with Crippen molar-refractivity contribution in [3.05, 3.63) is 11.1 Å². The van der Waals surface area contributed by atoms with Gasteiger partial charge in [-0.3, -0.25) is 10.2 Å². The highest BCUT2D eigenvalue weighted by Gasteiger charge is 2.47. The molecule has 5 heterocycles. The average molecular weight is 423 g/mol. The zero-order valence-corrected chi connectivity index (χ0v) is 18.1. The van der Waals surface area contributed by atoms with Gasteiger partial charge in [-0.05, 0) is 19.3 Å². The molecule has 1 spiro atoms. The van der Waals surface area contributed by atoms with E-state index in [2.05, 4.69) is 38.5 Å². The largest absolute Gasteiger partial charge is 0.458 e. The van der Waals surface area contributed by atoms with Crippen molar-refractivity contribution in [1.82, 2.24) is 0 Å². The normalized spacial score (nSPS) is 23.6. The number of H-pyrrole nitrogens is 2. The van der Waals surface area contributed by atoms with Gasteiger partial charge in [0.15, 0.2) is 0 Å². The van der Waals surface area contributed by atoms with Crippen LogP contribution in [0, 0.1) is 11.3 Å². The lowest BCUT2D eigenvalue weighted by atomic mass is 9.86. The lowest BCUT2D eigenvalue weighted by molar-refractivity contribution is -0.379. The summed E-state index contributed by atoms with van der Waals surface area (Å²) in [6.45, 7) is 5.07. The first kappa shape index (κ1) is 18.9. The number of ether oxygens (including phenoxy) is 2. The van der Waals surface area contributed by atoms with E-state index in [0.717, 1.165) is 78.4 Å². The highest BCUT2D eigenvalue weighted by molar-refractivity contribution is 6.06. The van der Waals surface area contributed by atoms with E-state index in [9.17, 15) is 5.26 Å². The Bertz CT molecular complexity index is 1080. The van der Waals surface area contributed by atoms with Crippen LogP contribution in [0.5, 0.6) is 5.88 Å². The van der Waals surface area contributed by atoms with Gasteiger partial charge in [0.1, 0.15) is 23.1 Å². The monoisotopic (exact) mass is 422 g/mol. The summed E-state index contributed by atoms with van der Waals surface area (Å²) in [7, 11) is 0. The fourth-order valence-corrected chi connectivity index (χ4v) is 5.72. The smallest absolute Gasteiger partial charge is 0.293 e. The lowest BCUT2D eigenvalue weighted by Gasteiger charge is -2.36. The van der Waals surface area contributed by atoms with Gasteiger partial charge < -0.3 is 9.47 Å². The Morgan fingerprint density at radius 2 is 1.84 bits per heavy atom. The van der Waals surface area contributed by atoms with Crippen molar-refractivity contribution >= 4 is 28.2 Å². The highest BCUT2D eigenvalue weighted by Crippen LogP contribution is 2.45. The van der Waals surface area contributed by atoms with Gasteiger partial charge in [-0.2, -0.15) is 5.26 Å². The zero-order chi connectivity index (χ0) is 21.0. The van der Waals surface area contributed by atoms with E-state index in [0.29, 0.717) is 18.8 Å². The van der Waals surface area contributed by atoms with Crippen LogP contribution in [-0.4, -0.2) is 38.1 Å². The molecule has 0 bridgehead atoms. The van der Waals surface area contributed by atoms with E-state index in [-0.39, 0.29) is 11.8 Å². The summed E-state index contributed by atoms with van der Waals surface area (Å²) in [6.07, 6.45) is 7.72. The zero-order valence-electron chi connectivity index (χ0n) is 18.1. The van der Waals surface area contributed by atoms with Gasteiger partial charge in [-0.15, -0.1) is 0 Å². The van der Waals surface area contributed by atoms with Crippen LogP contribution >= 0.6 is 0 Å².